The number of aromatic nitrogens is 2. The van der Waals surface area contributed by atoms with Crippen LogP contribution in [-0.2, 0) is 10.2 Å². The van der Waals surface area contributed by atoms with Crippen LogP contribution in [0.25, 0.3) is 10.2 Å². The molecular formula is C13H15N3O4S. The summed E-state index contributed by atoms with van der Waals surface area (Å²) in [6.07, 6.45) is 1.40. The maximum Gasteiger partial charge on any atom is 0.322 e. The highest BCUT2D eigenvalue weighted by Gasteiger charge is 2.23. The van der Waals surface area contributed by atoms with E-state index in [0.717, 1.165) is 5.01 Å². The van der Waals surface area contributed by atoms with Crippen LogP contribution in [0.4, 0.5) is 0 Å². The molecule has 0 aliphatic carbocycles. The lowest BCUT2D eigenvalue weighted by Gasteiger charge is -2.13. The zero-order valence-corrected chi connectivity index (χ0v) is 12.6. The number of thiazole rings is 1. The summed E-state index contributed by atoms with van der Waals surface area (Å²) in [5.41, 5.74) is 0.132. The van der Waals surface area contributed by atoms with Gasteiger partial charge in [0.1, 0.15) is 16.8 Å². The number of carbonyl (C=O) groups is 2. The molecule has 1 amide bonds. The number of aromatic hydroxyl groups is 1. The molecule has 2 aromatic rings. The second kappa shape index (κ2) is 5.28. The van der Waals surface area contributed by atoms with Crippen molar-refractivity contribution in [3.63, 3.8) is 0 Å². The van der Waals surface area contributed by atoms with Crippen molar-refractivity contribution in [1.82, 2.24) is 15.3 Å². The third-order valence-corrected chi connectivity index (χ3v) is 4.17. The van der Waals surface area contributed by atoms with Gasteiger partial charge in [-0.2, -0.15) is 0 Å². The van der Waals surface area contributed by atoms with E-state index < -0.39 is 18.4 Å². The number of nitrogens with zero attached hydrogens (tertiary/aromatic N) is 2. The molecule has 0 unspecified atom stereocenters. The molecule has 0 saturated heterocycles. The van der Waals surface area contributed by atoms with Crippen LogP contribution in [0.1, 0.15) is 36.3 Å². The van der Waals surface area contributed by atoms with Crippen molar-refractivity contribution in [1.29, 1.82) is 0 Å². The van der Waals surface area contributed by atoms with Gasteiger partial charge in [0.05, 0.1) is 11.2 Å². The summed E-state index contributed by atoms with van der Waals surface area (Å²) in [5.74, 6) is -2.18. The average Bonchev–Trinajstić information content (AvgIpc) is 2.81. The molecular weight excluding hydrogens is 294 g/mol. The van der Waals surface area contributed by atoms with Gasteiger partial charge in [-0.1, -0.05) is 20.8 Å². The minimum Gasteiger partial charge on any atom is -0.504 e. The number of pyridine rings is 1. The number of amides is 1. The van der Waals surface area contributed by atoms with Gasteiger partial charge in [0, 0.05) is 5.41 Å². The summed E-state index contributed by atoms with van der Waals surface area (Å²) in [5, 5.41) is 21.7. The molecule has 3 N–H and O–H groups in total. The lowest BCUT2D eigenvalue weighted by molar-refractivity contribution is -0.135. The lowest BCUT2D eigenvalue weighted by Crippen LogP contribution is -2.29. The Balaban J connectivity index is 2.42. The molecule has 0 radical (unpaired) electrons. The third-order valence-electron chi connectivity index (χ3n) is 2.67. The molecule has 0 spiro atoms. The van der Waals surface area contributed by atoms with Crippen LogP contribution < -0.4 is 5.32 Å². The topological polar surface area (TPSA) is 112 Å². The van der Waals surface area contributed by atoms with Crippen molar-refractivity contribution in [3.8, 4) is 5.75 Å². The summed E-state index contributed by atoms with van der Waals surface area (Å²) in [7, 11) is 0. The van der Waals surface area contributed by atoms with Crippen LogP contribution in [0.3, 0.4) is 0 Å². The van der Waals surface area contributed by atoms with Gasteiger partial charge < -0.3 is 15.5 Å². The van der Waals surface area contributed by atoms with Crippen LogP contribution >= 0.6 is 11.3 Å². The molecule has 0 aliphatic heterocycles. The first-order chi connectivity index (χ1) is 9.70. The highest BCUT2D eigenvalue weighted by molar-refractivity contribution is 7.19. The van der Waals surface area contributed by atoms with Crippen LogP contribution in [-0.4, -0.2) is 38.6 Å². The van der Waals surface area contributed by atoms with E-state index in [0.29, 0.717) is 10.2 Å². The minimum atomic E-state index is -1.17. The number of hydrogen-bond acceptors (Lipinski definition) is 6. The number of fused-ring (bicyclic) bond motifs is 1. The Kier molecular flexibility index (Phi) is 3.82. The lowest BCUT2D eigenvalue weighted by atomic mass is 9.98. The van der Waals surface area contributed by atoms with Gasteiger partial charge >= 0.3 is 5.97 Å². The molecule has 0 fully saturated rings. The molecule has 112 valence electrons. The van der Waals surface area contributed by atoms with E-state index in [9.17, 15) is 14.7 Å². The molecule has 2 heterocycles. The predicted octanol–water partition coefficient (Wildman–Crippen LogP) is 1.51. The van der Waals surface area contributed by atoms with Crippen molar-refractivity contribution in [2.24, 2.45) is 0 Å². The van der Waals surface area contributed by atoms with Crippen LogP contribution in [0.2, 0.25) is 0 Å². The summed E-state index contributed by atoms with van der Waals surface area (Å²) in [4.78, 5) is 30.5. The zero-order chi connectivity index (χ0) is 15.8. The molecule has 0 bridgehead atoms. The first kappa shape index (κ1) is 15.2. The van der Waals surface area contributed by atoms with Gasteiger partial charge in [-0.3, -0.25) is 9.59 Å². The van der Waals surface area contributed by atoms with Crippen molar-refractivity contribution >= 4 is 33.4 Å². The number of nitrogens with one attached hydrogen (secondary N) is 1. The predicted molar refractivity (Wildman–Crippen MR) is 77.7 cm³/mol. The Hall–Kier alpha value is -2.22. The van der Waals surface area contributed by atoms with Gasteiger partial charge in [0.25, 0.3) is 5.91 Å². The van der Waals surface area contributed by atoms with E-state index in [2.05, 4.69) is 15.3 Å². The average molecular weight is 309 g/mol. The third kappa shape index (κ3) is 3.10. The number of aliphatic carboxylic acids is 1. The van der Waals surface area contributed by atoms with Crippen molar-refractivity contribution < 1.29 is 19.8 Å². The molecule has 2 rings (SSSR count). The minimum absolute atomic E-state index is 0.179. The molecule has 7 nitrogen and oxygen atoms in total. The van der Waals surface area contributed by atoms with Gasteiger partial charge in [-0.15, -0.1) is 11.3 Å². The standard InChI is InChI=1S/C13H15N3O4S/c1-13(2,3)12-16-6-4-14-8(9(19)10(6)21-12)11(20)15-5-7(17)18/h4,19H,5H2,1-3H3,(H,15,20)(H,17,18). The SMILES string of the molecule is CC(C)(C)c1nc2cnc(C(=O)NCC(=O)O)c(O)c2s1. The first-order valence-corrected chi connectivity index (χ1v) is 7.01. The molecule has 0 atom stereocenters. The fraction of sp³-hybridized carbons (Fsp3) is 0.385. The molecule has 0 saturated carbocycles. The monoisotopic (exact) mass is 309 g/mol. The van der Waals surface area contributed by atoms with Gasteiger partial charge in [0.15, 0.2) is 11.4 Å². The number of hydrogen-bond donors (Lipinski definition) is 3. The second-order valence-electron chi connectivity index (χ2n) is 5.52. The Morgan fingerprint density at radius 3 is 2.62 bits per heavy atom. The molecule has 8 heteroatoms. The number of carboxylic acids is 1. The largest absolute Gasteiger partial charge is 0.504 e. The Morgan fingerprint density at radius 1 is 1.38 bits per heavy atom. The zero-order valence-electron chi connectivity index (χ0n) is 11.8. The summed E-state index contributed by atoms with van der Waals surface area (Å²) in [6, 6.07) is 0. The molecule has 0 aliphatic rings. The number of rotatable bonds is 3. The van der Waals surface area contributed by atoms with Crippen molar-refractivity contribution in [3.05, 3.63) is 16.9 Å². The van der Waals surface area contributed by atoms with E-state index in [1.165, 1.54) is 17.5 Å². The number of carboxylic acid groups (broad SMARTS) is 1. The maximum absolute atomic E-state index is 11.8. The van der Waals surface area contributed by atoms with Crippen LogP contribution in [0, 0.1) is 0 Å². The molecule has 21 heavy (non-hydrogen) atoms. The van der Waals surface area contributed by atoms with E-state index in [1.807, 2.05) is 20.8 Å². The second-order valence-corrected chi connectivity index (χ2v) is 6.51. The first-order valence-electron chi connectivity index (χ1n) is 6.19. The van der Waals surface area contributed by atoms with E-state index in [-0.39, 0.29) is 16.9 Å². The van der Waals surface area contributed by atoms with E-state index in [1.54, 1.807) is 0 Å². The molecule has 0 aromatic carbocycles. The Labute approximate surface area is 124 Å². The van der Waals surface area contributed by atoms with Crippen LogP contribution in [0.5, 0.6) is 5.75 Å². The smallest absolute Gasteiger partial charge is 0.322 e. The fourth-order valence-corrected chi connectivity index (χ4v) is 2.65. The van der Waals surface area contributed by atoms with Gasteiger partial charge in [-0.05, 0) is 0 Å². The summed E-state index contributed by atoms with van der Waals surface area (Å²) >= 11 is 1.29. The van der Waals surface area contributed by atoms with E-state index >= 15 is 0 Å². The summed E-state index contributed by atoms with van der Waals surface area (Å²) in [6.45, 7) is 5.45. The normalized spacial score (nSPS) is 11.6. The van der Waals surface area contributed by atoms with Crippen molar-refractivity contribution in [2.45, 2.75) is 26.2 Å². The fourth-order valence-electron chi connectivity index (χ4n) is 1.61. The van der Waals surface area contributed by atoms with E-state index in [4.69, 9.17) is 5.11 Å². The molecule has 2 aromatic heterocycles. The number of carbonyl (C=O) groups excluding carboxylic acids is 1. The Morgan fingerprint density at radius 2 is 2.05 bits per heavy atom. The Bertz CT molecular complexity index is 718. The maximum atomic E-state index is 11.8. The quantitative estimate of drug-likeness (QED) is 0.792. The highest BCUT2D eigenvalue weighted by atomic mass is 32.1. The highest BCUT2D eigenvalue weighted by Crippen LogP contribution is 2.36. The van der Waals surface area contributed by atoms with Crippen molar-refractivity contribution in [2.75, 3.05) is 6.54 Å². The summed E-state index contributed by atoms with van der Waals surface area (Å²) < 4.78 is 0.468. The van der Waals surface area contributed by atoms with Crippen LogP contribution in [0.15, 0.2) is 6.20 Å². The van der Waals surface area contributed by atoms with Gasteiger partial charge in [-0.25, -0.2) is 9.97 Å². The van der Waals surface area contributed by atoms with Gasteiger partial charge in [0.2, 0.25) is 0 Å².